The van der Waals surface area contributed by atoms with Gasteiger partial charge in [0.1, 0.15) is 5.75 Å². The maximum Gasteiger partial charge on any atom is 0.310 e. The fourth-order valence-electron chi connectivity index (χ4n) is 1.96. The number of carbonyl (C=O) groups is 1. The maximum absolute atomic E-state index is 11.7. The van der Waals surface area contributed by atoms with Crippen LogP contribution in [0.4, 0.5) is 0 Å². The van der Waals surface area contributed by atoms with Gasteiger partial charge in [-0.3, -0.25) is 4.79 Å². The van der Waals surface area contributed by atoms with Gasteiger partial charge in [0.05, 0.1) is 20.1 Å². The summed E-state index contributed by atoms with van der Waals surface area (Å²) in [6.07, 6.45) is 1.61. The van der Waals surface area contributed by atoms with Gasteiger partial charge in [-0.1, -0.05) is 25.5 Å². The van der Waals surface area contributed by atoms with Crippen LogP contribution in [0.5, 0.6) is 5.75 Å². The number of rotatable bonds is 6. The third-order valence-electron chi connectivity index (χ3n) is 3.04. The normalized spacial score (nSPS) is 13.8. The summed E-state index contributed by atoms with van der Waals surface area (Å²) >= 11 is 0. The summed E-state index contributed by atoms with van der Waals surface area (Å²) in [6, 6.07) is 7.11. The van der Waals surface area contributed by atoms with Gasteiger partial charge in [0, 0.05) is 6.04 Å². The summed E-state index contributed by atoms with van der Waals surface area (Å²) in [5, 5.41) is 0. The van der Waals surface area contributed by atoms with Crippen LogP contribution in [-0.2, 0) is 9.53 Å². The number of carbonyl (C=O) groups excluding carboxylic acids is 1. The van der Waals surface area contributed by atoms with Crippen LogP contribution in [0.2, 0.25) is 0 Å². The van der Waals surface area contributed by atoms with Crippen molar-refractivity contribution in [3.63, 3.8) is 0 Å². The molecule has 0 saturated carbocycles. The number of methoxy groups -OCH3 is 2. The molecule has 0 fully saturated rings. The third-order valence-corrected chi connectivity index (χ3v) is 3.04. The number of hydrogen-bond acceptors (Lipinski definition) is 4. The van der Waals surface area contributed by atoms with E-state index in [0.29, 0.717) is 0 Å². The van der Waals surface area contributed by atoms with E-state index in [9.17, 15) is 4.79 Å². The molecule has 0 radical (unpaired) electrons. The van der Waals surface area contributed by atoms with E-state index in [-0.39, 0.29) is 17.9 Å². The monoisotopic (exact) mass is 251 g/mol. The first-order chi connectivity index (χ1) is 8.63. The molecule has 4 heteroatoms. The summed E-state index contributed by atoms with van der Waals surface area (Å²) < 4.78 is 9.90. The zero-order valence-electron chi connectivity index (χ0n) is 11.2. The summed E-state index contributed by atoms with van der Waals surface area (Å²) in [7, 11) is 3.01. The van der Waals surface area contributed by atoms with Crippen molar-refractivity contribution in [2.75, 3.05) is 14.2 Å². The maximum atomic E-state index is 11.7. The quantitative estimate of drug-likeness (QED) is 0.788. The Morgan fingerprint density at radius 2 is 1.89 bits per heavy atom. The van der Waals surface area contributed by atoms with E-state index in [4.69, 9.17) is 15.2 Å². The highest BCUT2D eigenvalue weighted by Crippen LogP contribution is 2.26. The van der Waals surface area contributed by atoms with E-state index in [2.05, 4.69) is 0 Å². The number of esters is 1. The summed E-state index contributed by atoms with van der Waals surface area (Å²) in [5.41, 5.74) is 7.07. The molecular formula is C14H21NO3. The first kappa shape index (κ1) is 14.5. The second-order valence-corrected chi connectivity index (χ2v) is 4.22. The van der Waals surface area contributed by atoms with Gasteiger partial charge in [0.25, 0.3) is 0 Å². The summed E-state index contributed by atoms with van der Waals surface area (Å²) in [5.74, 6) is 0.227. The standard InChI is InChI=1S/C14H21NO3/c1-4-5-12(14(16)18-3)13(15)10-6-8-11(17-2)9-7-10/h6-9,12-13H,4-5,15H2,1-3H3/t12-,13+/m1/s1. The van der Waals surface area contributed by atoms with Gasteiger partial charge in [-0.05, 0) is 24.1 Å². The van der Waals surface area contributed by atoms with Crippen molar-refractivity contribution in [3.8, 4) is 5.75 Å². The molecule has 0 unspecified atom stereocenters. The molecule has 0 spiro atoms. The van der Waals surface area contributed by atoms with Crippen molar-refractivity contribution < 1.29 is 14.3 Å². The molecule has 2 N–H and O–H groups in total. The van der Waals surface area contributed by atoms with Crippen LogP contribution in [0.3, 0.4) is 0 Å². The van der Waals surface area contributed by atoms with Crippen molar-refractivity contribution in [1.82, 2.24) is 0 Å². The van der Waals surface area contributed by atoms with Crippen LogP contribution in [-0.4, -0.2) is 20.2 Å². The Labute approximate surface area is 108 Å². The number of benzene rings is 1. The molecule has 2 atom stereocenters. The Morgan fingerprint density at radius 1 is 1.28 bits per heavy atom. The molecule has 100 valence electrons. The largest absolute Gasteiger partial charge is 0.497 e. The molecule has 0 bridgehead atoms. The van der Waals surface area contributed by atoms with Gasteiger partial charge < -0.3 is 15.2 Å². The predicted molar refractivity (Wildman–Crippen MR) is 70.3 cm³/mol. The fourth-order valence-corrected chi connectivity index (χ4v) is 1.96. The molecular weight excluding hydrogens is 230 g/mol. The average molecular weight is 251 g/mol. The van der Waals surface area contributed by atoms with E-state index >= 15 is 0 Å². The van der Waals surface area contributed by atoms with Crippen molar-refractivity contribution >= 4 is 5.97 Å². The van der Waals surface area contributed by atoms with E-state index in [1.807, 2.05) is 31.2 Å². The zero-order valence-corrected chi connectivity index (χ0v) is 11.2. The molecule has 1 aromatic rings. The Hall–Kier alpha value is -1.55. The molecule has 0 aromatic heterocycles. The highest BCUT2D eigenvalue weighted by molar-refractivity contribution is 5.73. The Bertz CT molecular complexity index is 375. The van der Waals surface area contributed by atoms with Gasteiger partial charge in [0.2, 0.25) is 0 Å². The van der Waals surface area contributed by atoms with Gasteiger partial charge in [-0.2, -0.15) is 0 Å². The molecule has 4 nitrogen and oxygen atoms in total. The summed E-state index contributed by atoms with van der Waals surface area (Å²) in [6.45, 7) is 2.02. The van der Waals surface area contributed by atoms with Crippen molar-refractivity contribution in [1.29, 1.82) is 0 Å². The van der Waals surface area contributed by atoms with Gasteiger partial charge in [-0.15, -0.1) is 0 Å². The molecule has 18 heavy (non-hydrogen) atoms. The predicted octanol–water partition coefficient (Wildman–Crippen LogP) is 2.28. The van der Waals surface area contributed by atoms with Crippen molar-refractivity contribution in [3.05, 3.63) is 29.8 Å². The minimum absolute atomic E-state index is 0.250. The topological polar surface area (TPSA) is 61.5 Å². The lowest BCUT2D eigenvalue weighted by atomic mass is 9.90. The number of ether oxygens (including phenoxy) is 2. The lowest BCUT2D eigenvalue weighted by Gasteiger charge is -2.21. The first-order valence-electron chi connectivity index (χ1n) is 6.11. The van der Waals surface area contributed by atoms with Crippen LogP contribution < -0.4 is 10.5 Å². The number of hydrogen-bond donors (Lipinski definition) is 1. The van der Waals surface area contributed by atoms with E-state index < -0.39 is 0 Å². The Kier molecular flexibility index (Phi) is 5.65. The molecule has 0 aliphatic heterocycles. The van der Waals surface area contributed by atoms with E-state index in [1.54, 1.807) is 7.11 Å². The van der Waals surface area contributed by atoms with Gasteiger partial charge >= 0.3 is 5.97 Å². The lowest BCUT2D eigenvalue weighted by molar-refractivity contribution is -0.146. The molecule has 0 aliphatic rings. The molecule has 0 saturated heterocycles. The molecule has 1 rings (SSSR count). The van der Waals surface area contributed by atoms with Gasteiger partial charge in [-0.25, -0.2) is 0 Å². The van der Waals surface area contributed by atoms with E-state index in [0.717, 1.165) is 24.2 Å². The number of nitrogens with two attached hydrogens (primary N) is 1. The second-order valence-electron chi connectivity index (χ2n) is 4.22. The van der Waals surface area contributed by atoms with Crippen molar-refractivity contribution in [2.45, 2.75) is 25.8 Å². The van der Waals surface area contributed by atoms with Gasteiger partial charge in [0.15, 0.2) is 0 Å². The second kappa shape index (κ2) is 7.01. The zero-order chi connectivity index (χ0) is 13.5. The molecule has 0 aliphatic carbocycles. The molecule has 1 aromatic carbocycles. The highest BCUT2D eigenvalue weighted by Gasteiger charge is 2.26. The highest BCUT2D eigenvalue weighted by atomic mass is 16.5. The van der Waals surface area contributed by atoms with Crippen LogP contribution in [0.25, 0.3) is 0 Å². The minimum atomic E-state index is -0.344. The van der Waals surface area contributed by atoms with Crippen LogP contribution >= 0.6 is 0 Å². The van der Waals surface area contributed by atoms with E-state index in [1.165, 1.54) is 7.11 Å². The summed E-state index contributed by atoms with van der Waals surface area (Å²) in [4.78, 5) is 11.7. The van der Waals surface area contributed by atoms with Crippen LogP contribution in [0.15, 0.2) is 24.3 Å². The molecule has 0 amide bonds. The van der Waals surface area contributed by atoms with Crippen LogP contribution in [0.1, 0.15) is 31.4 Å². The average Bonchev–Trinajstić information content (AvgIpc) is 2.43. The minimum Gasteiger partial charge on any atom is -0.497 e. The van der Waals surface area contributed by atoms with Crippen LogP contribution in [0, 0.1) is 5.92 Å². The van der Waals surface area contributed by atoms with Crippen molar-refractivity contribution in [2.24, 2.45) is 11.7 Å². The third kappa shape index (κ3) is 3.47. The smallest absolute Gasteiger partial charge is 0.310 e. The SMILES string of the molecule is CCC[C@@H](C(=O)OC)[C@@H](N)c1ccc(OC)cc1. The Balaban J connectivity index is 2.86. The molecule has 0 heterocycles. The fraction of sp³-hybridized carbons (Fsp3) is 0.500. The first-order valence-corrected chi connectivity index (χ1v) is 6.11. The Morgan fingerprint density at radius 3 is 2.33 bits per heavy atom. The lowest BCUT2D eigenvalue weighted by Crippen LogP contribution is -2.29.